The molecule has 0 atom stereocenters. The molecule has 340 valence electrons. The van der Waals surface area contributed by atoms with E-state index < -0.39 is 0 Å². The second-order valence-electron chi connectivity index (χ2n) is 23.2. The summed E-state index contributed by atoms with van der Waals surface area (Å²) in [5.74, 6) is 0. The number of rotatable bonds is 6. The second-order valence-corrected chi connectivity index (χ2v) is 24.3. The van der Waals surface area contributed by atoms with Crippen molar-refractivity contribution in [2.45, 2.75) is 105 Å². The fourth-order valence-corrected chi connectivity index (χ4v) is 11.6. The number of benzene rings is 8. The van der Waals surface area contributed by atoms with E-state index >= 15 is 0 Å². The first-order valence-electron chi connectivity index (χ1n) is 24.3. The Kier molecular flexibility index (Phi) is 9.98. The summed E-state index contributed by atoms with van der Waals surface area (Å²) in [5, 5.41) is 7.59. The summed E-state index contributed by atoms with van der Waals surface area (Å²) in [6.45, 7) is 27.4. The minimum Gasteiger partial charge on any atom is -0.310 e. The average Bonchev–Trinajstić information content (AvgIpc) is 3.94. The van der Waals surface area contributed by atoms with Crippen molar-refractivity contribution in [3.8, 4) is 0 Å². The number of anilines is 6. The van der Waals surface area contributed by atoms with Crippen molar-refractivity contribution in [1.29, 1.82) is 0 Å². The maximum atomic E-state index is 2.60. The van der Waals surface area contributed by atoms with Gasteiger partial charge in [0.05, 0.1) is 26.9 Å². The van der Waals surface area contributed by atoms with Gasteiger partial charge in [0.15, 0.2) is 0 Å². The van der Waals surface area contributed by atoms with Crippen molar-refractivity contribution >= 4 is 104 Å². The van der Waals surface area contributed by atoms with Crippen molar-refractivity contribution in [2.75, 3.05) is 9.80 Å². The molecule has 0 aliphatic heterocycles. The Morgan fingerprint density at radius 1 is 0.368 bits per heavy atom. The molecular weight excluding hydrogens is 843 g/mol. The van der Waals surface area contributed by atoms with Gasteiger partial charge < -0.3 is 14.2 Å². The highest BCUT2D eigenvalue weighted by atomic mass is 32.1. The van der Waals surface area contributed by atoms with E-state index in [1.807, 2.05) is 11.3 Å². The fourth-order valence-electron chi connectivity index (χ4n) is 10.3. The van der Waals surface area contributed by atoms with Crippen LogP contribution < -0.4 is 9.80 Å². The van der Waals surface area contributed by atoms with Crippen molar-refractivity contribution in [2.24, 2.45) is 0 Å². The van der Waals surface area contributed by atoms with Crippen LogP contribution in [0.1, 0.15) is 105 Å². The van der Waals surface area contributed by atoms with Crippen LogP contribution >= 0.6 is 11.3 Å². The van der Waals surface area contributed by atoms with E-state index in [0.717, 1.165) is 28.4 Å². The van der Waals surface area contributed by atoms with E-state index in [2.05, 4.69) is 261 Å². The van der Waals surface area contributed by atoms with Crippen LogP contribution in [-0.4, -0.2) is 4.40 Å². The van der Waals surface area contributed by atoms with Crippen molar-refractivity contribution in [3.63, 3.8) is 0 Å². The lowest BCUT2D eigenvalue weighted by Gasteiger charge is -2.28. The van der Waals surface area contributed by atoms with E-state index in [1.54, 1.807) is 0 Å². The van der Waals surface area contributed by atoms with Crippen LogP contribution in [0.25, 0.3) is 58.3 Å². The maximum absolute atomic E-state index is 2.60. The Balaban J connectivity index is 1.15. The number of hydrogen-bond donors (Lipinski definition) is 0. The number of nitrogens with zero attached hydrogens (tertiary/aromatic N) is 3. The van der Waals surface area contributed by atoms with Crippen molar-refractivity contribution in [3.05, 3.63) is 186 Å². The highest BCUT2D eigenvalue weighted by Gasteiger charge is 2.28. The van der Waals surface area contributed by atoms with E-state index in [0.29, 0.717) is 0 Å². The predicted octanol–water partition coefficient (Wildman–Crippen LogP) is 19.3. The summed E-state index contributed by atoms with van der Waals surface area (Å²) in [6, 6.07) is 62.5. The Morgan fingerprint density at radius 2 is 0.824 bits per heavy atom. The molecule has 0 radical (unpaired) electrons. The van der Waals surface area contributed by atoms with Crippen LogP contribution in [-0.2, 0) is 21.7 Å². The van der Waals surface area contributed by atoms with Gasteiger partial charge in [-0.1, -0.05) is 162 Å². The Morgan fingerprint density at radius 3 is 1.31 bits per heavy atom. The number of fused-ring (bicyclic) bond motifs is 9. The van der Waals surface area contributed by atoms with Gasteiger partial charge in [0.1, 0.15) is 0 Å². The average molecular weight is 906 g/mol. The number of thiophene rings is 1. The Bertz CT molecular complexity index is 3560. The molecule has 0 aliphatic rings. The van der Waals surface area contributed by atoms with Gasteiger partial charge >= 0.3 is 0 Å². The van der Waals surface area contributed by atoms with Crippen LogP contribution in [0.4, 0.5) is 34.1 Å². The summed E-state index contributed by atoms with van der Waals surface area (Å²) in [4.78, 5) is 4.91. The molecule has 0 aliphatic carbocycles. The monoisotopic (exact) mass is 905 g/mol. The van der Waals surface area contributed by atoms with Gasteiger partial charge in [-0.2, -0.15) is 0 Å². The van der Waals surface area contributed by atoms with Gasteiger partial charge in [-0.05, 0) is 140 Å². The molecule has 4 heteroatoms. The van der Waals surface area contributed by atoms with E-state index in [9.17, 15) is 0 Å². The van der Waals surface area contributed by atoms with Crippen LogP contribution in [0.2, 0.25) is 0 Å². The van der Waals surface area contributed by atoms with Crippen LogP contribution in [0.5, 0.6) is 0 Å². The molecule has 3 nitrogen and oxygen atoms in total. The molecule has 3 heterocycles. The highest BCUT2D eigenvalue weighted by Crippen LogP contribution is 2.52. The third-order valence-electron chi connectivity index (χ3n) is 14.3. The largest absolute Gasteiger partial charge is 0.310 e. The SMILES string of the molecule is CC(C)(C)c1ccc(N(c2ccc(C(C)(C)C)cc2)c2ccc3cc4c5ccc(N(c6ccc(C(C)(C)C)cc6)c6ccc(C(C)(C)C)cc6)c6c7sc8ccccc8c7n(c4cc3c2)c56)cc1. The van der Waals surface area contributed by atoms with E-state index in [-0.39, 0.29) is 21.7 Å². The number of aromatic nitrogens is 1. The quantitative estimate of drug-likeness (QED) is 0.165. The summed E-state index contributed by atoms with van der Waals surface area (Å²) in [6.07, 6.45) is 0. The van der Waals surface area contributed by atoms with Crippen molar-refractivity contribution in [1.82, 2.24) is 4.40 Å². The molecule has 0 saturated heterocycles. The molecule has 0 amide bonds. The lowest BCUT2D eigenvalue weighted by atomic mass is 9.86. The van der Waals surface area contributed by atoms with Gasteiger partial charge in [0, 0.05) is 54.7 Å². The number of hydrogen-bond acceptors (Lipinski definition) is 3. The lowest BCUT2D eigenvalue weighted by molar-refractivity contribution is 0.590. The lowest BCUT2D eigenvalue weighted by Crippen LogP contribution is -2.14. The normalized spacial score (nSPS) is 13.0. The molecule has 11 rings (SSSR count). The highest BCUT2D eigenvalue weighted by molar-refractivity contribution is 7.26. The molecule has 0 fully saturated rings. The zero-order valence-electron chi connectivity index (χ0n) is 41.8. The van der Waals surface area contributed by atoms with Crippen LogP contribution in [0.15, 0.2) is 164 Å². The first-order chi connectivity index (χ1) is 32.2. The standard InChI is InChI=1S/C64H63N3S/c1-61(2,3)42-18-27-46(28-19-42)65(47-29-20-43(21-30-47)62(4,5)6)50-26-17-40-38-53-51-35-36-54(57-58(51)67(55(53)39-41(40)37-50)59-52-15-13-14-16-56(52)68-60(57)59)66(48-31-22-44(23-32-48)63(7,8)9)49-33-24-45(25-34-49)64(10,11)12/h13-39H,1-12H3. The topological polar surface area (TPSA) is 10.9 Å². The van der Waals surface area contributed by atoms with Gasteiger partial charge in [-0.25, -0.2) is 0 Å². The molecule has 8 aromatic carbocycles. The molecule has 0 unspecified atom stereocenters. The first kappa shape index (κ1) is 43.9. The van der Waals surface area contributed by atoms with Crippen molar-refractivity contribution < 1.29 is 0 Å². The van der Waals surface area contributed by atoms with Crippen LogP contribution in [0, 0.1) is 0 Å². The van der Waals surface area contributed by atoms with Crippen LogP contribution in [0.3, 0.4) is 0 Å². The second kappa shape index (κ2) is 15.5. The van der Waals surface area contributed by atoms with Gasteiger partial charge in [-0.15, -0.1) is 11.3 Å². The molecule has 68 heavy (non-hydrogen) atoms. The molecule has 3 aromatic heterocycles. The van der Waals surface area contributed by atoms with E-state index in [1.165, 1.54) is 86.2 Å². The van der Waals surface area contributed by atoms with E-state index in [4.69, 9.17) is 0 Å². The summed E-state index contributed by atoms with van der Waals surface area (Å²) < 4.78 is 5.22. The molecule has 11 aromatic rings. The Hall–Kier alpha value is -6.62. The predicted molar refractivity (Wildman–Crippen MR) is 298 cm³/mol. The zero-order chi connectivity index (χ0) is 47.7. The third kappa shape index (κ3) is 7.31. The minimum absolute atomic E-state index is 0.0512. The molecule has 0 saturated carbocycles. The minimum atomic E-state index is 0.0512. The zero-order valence-corrected chi connectivity index (χ0v) is 42.7. The molecule has 0 N–H and O–H groups in total. The smallest absolute Gasteiger partial charge is 0.0729 e. The summed E-state index contributed by atoms with van der Waals surface area (Å²) in [7, 11) is 0. The first-order valence-corrected chi connectivity index (χ1v) is 25.2. The fraction of sp³-hybridized carbons (Fsp3) is 0.250. The summed E-state index contributed by atoms with van der Waals surface area (Å²) >= 11 is 1.92. The maximum Gasteiger partial charge on any atom is 0.0729 e. The molecular formula is C64H63N3S. The van der Waals surface area contributed by atoms with Gasteiger partial charge in [0.2, 0.25) is 0 Å². The van der Waals surface area contributed by atoms with Gasteiger partial charge in [-0.3, -0.25) is 0 Å². The molecule has 0 bridgehead atoms. The Labute approximate surface area is 406 Å². The molecule has 0 spiro atoms. The summed E-state index contributed by atoms with van der Waals surface area (Å²) in [5.41, 5.74) is 16.3. The van der Waals surface area contributed by atoms with Gasteiger partial charge in [0.25, 0.3) is 0 Å². The third-order valence-corrected chi connectivity index (χ3v) is 15.5.